The van der Waals surface area contributed by atoms with Crippen molar-refractivity contribution in [1.29, 1.82) is 0 Å². The lowest BCUT2D eigenvalue weighted by atomic mass is 10.1. The van der Waals surface area contributed by atoms with Gasteiger partial charge in [0.05, 0.1) is 23.7 Å². The second kappa shape index (κ2) is 7.54. The molecule has 3 rings (SSSR count). The van der Waals surface area contributed by atoms with E-state index < -0.39 is 16.1 Å². The lowest BCUT2D eigenvalue weighted by Gasteiger charge is -2.18. The van der Waals surface area contributed by atoms with Crippen LogP contribution < -0.4 is 10.0 Å². The Labute approximate surface area is 156 Å². The van der Waals surface area contributed by atoms with Crippen LogP contribution in [0.2, 0.25) is 0 Å². The lowest BCUT2D eigenvalue weighted by Crippen LogP contribution is -2.27. The second-order valence-electron chi connectivity index (χ2n) is 5.96. The van der Waals surface area contributed by atoms with E-state index >= 15 is 0 Å². The summed E-state index contributed by atoms with van der Waals surface area (Å²) in [6.07, 6.45) is 2.52. The fourth-order valence-corrected chi connectivity index (χ4v) is 3.18. The van der Waals surface area contributed by atoms with E-state index in [4.69, 9.17) is 0 Å². The molecule has 0 aliphatic rings. The summed E-state index contributed by atoms with van der Waals surface area (Å²) in [7, 11) is -3.43. The van der Waals surface area contributed by atoms with E-state index in [1.54, 1.807) is 55.5 Å². The van der Waals surface area contributed by atoms with Gasteiger partial charge in [-0.25, -0.2) is 13.1 Å². The minimum absolute atomic E-state index is 0.299. The Morgan fingerprint density at radius 1 is 1.15 bits per heavy atom. The van der Waals surface area contributed by atoms with Gasteiger partial charge >= 0.3 is 0 Å². The number of nitrogens with one attached hydrogen (secondary N) is 2. The summed E-state index contributed by atoms with van der Waals surface area (Å²) in [5.74, 6) is -0.299. The largest absolute Gasteiger partial charge is 0.345 e. The minimum atomic E-state index is -3.43. The molecule has 1 heterocycles. The zero-order valence-corrected chi connectivity index (χ0v) is 15.5. The topological polar surface area (TPSA) is 119 Å². The monoisotopic (exact) mass is 386 g/mol. The molecular formula is C17H18N6O3S. The number of hydrogen-bond acceptors (Lipinski definition) is 6. The average molecular weight is 386 g/mol. The van der Waals surface area contributed by atoms with Crippen molar-refractivity contribution < 1.29 is 13.2 Å². The van der Waals surface area contributed by atoms with Crippen LogP contribution in [0.5, 0.6) is 0 Å². The first kappa shape index (κ1) is 18.5. The van der Waals surface area contributed by atoms with Crippen LogP contribution in [0.3, 0.4) is 0 Å². The van der Waals surface area contributed by atoms with Gasteiger partial charge in [-0.05, 0) is 47.2 Å². The van der Waals surface area contributed by atoms with Crippen molar-refractivity contribution in [3.63, 3.8) is 0 Å². The van der Waals surface area contributed by atoms with Crippen molar-refractivity contribution in [3.05, 3.63) is 66.0 Å². The molecule has 27 heavy (non-hydrogen) atoms. The first-order valence-electron chi connectivity index (χ1n) is 8.04. The first-order chi connectivity index (χ1) is 12.8. The summed E-state index contributed by atoms with van der Waals surface area (Å²) in [5.41, 5.74) is 2.17. The second-order valence-corrected chi connectivity index (χ2v) is 7.71. The molecule has 1 atom stereocenters. The third kappa shape index (κ3) is 4.67. The van der Waals surface area contributed by atoms with Crippen LogP contribution in [0, 0.1) is 0 Å². The number of carbonyl (C=O) groups is 1. The lowest BCUT2D eigenvalue weighted by molar-refractivity contribution is 0.0940. The molecule has 1 aromatic heterocycles. The molecule has 140 valence electrons. The Morgan fingerprint density at radius 2 is 1.93 bits per heavy atom. The van der Waals surface area contributed by atoms with Gasteiger partial charge in [0.1, 0.15) is 6.33 Å². The number of anilines is 1. The molecule has 0 saturated carbocycles. The molecule has 3 aromatic rings. The number of benzene rings is 2. The Hall–Kier alpha value is -3.27. The Bertz CT molecular complexity index is 1050. The summed E-state index contributed by atoms with van der Waals surface area (Å²) >= 11 is 0. The summed E-state index contributed by atoms with van der Waals surface area (Å²) in [6.45, 7) is 1.78. The fraction of sp³-hybridized carbons (Fsp3) is 0.176. The van der Waals surface area contributed by atoms with Gasteiger partial charge in [-0.15, -0.1) is 5.10 Å². The Kier molecular flexibility index (Phi) is 5.17. The van der Waals surface area contributed by atoms with Crippen molar-refractivity contribution >= 4 is 21.6 Å². The van der Waals surface area contributed by atoms with Gasteiger partial charge in [0.2, 0.25) is 10.0 Å². The normalized spacial score (nSPS) is 12.4. The third-order valence-electron chi connectivity index (χ3n) is 3.79. The summed E-state index contributed by atoms with van der Waals surface area (Å²) in [6, 6.07) is 13.4. The number of nitrogens with zero attached hydrogens (tertiary/aromatic N) is 4. The number of para-hydroxylation sites is 1. The molecule has 0 unspecified atom stereocenters. The highest BCUT2D eigenvalue weighted by atomic mass is 32.2. The van der Waals surface area contributed by atoms with Crippen molar-refractivity contribution in [2.24, 2.45) is 0 Å². The summed E-state index contributed by atoms with van der Waals surface area (Å²) < 4.78 is 27.0. The molecule has 2 aromatic carbocycles. The zero-order valence-electron chi connectivity index (χ0n) is 14.7. The summed E-state index contributed by atoms with van der Waals surface area (Å²) in [4.78, 5) is 12.6. The number of carbonyl (C=O) groups excluding carboxylic acids is 1. The van der Waals surface area contributed by atoms with Crippen LogP contribution in [0.25, 0.3) is 5.69 Å². The molecule has 0 radical (unpaired) electrons. The molecule has 2 N–H and O–H groups in total. The number of amides is 1. The summed E-state index contributed by atoms with van der Waals surface area (Å²) in [5, 5.41) is 13.8. The predicted octanol–water partition coefficient (Wildman–Crippen LogP) is 1.52. The first-order valence-corrected chi connectivity index (χ1v) is 9.93. The Morgan fingerprint density at radius 3 is 2.63 bits per heavy atom. The quantitative estimate of drug-likeness (QED) is 0.663. The maximum atomic E-state index is 12.6. The molecule has 0 aliphatic carbocycles. The average Bonchev–Trinajstić information content (AvgIpc) is 3.15. The highest BCUT2D eigenvalue weighted by Gasteiger charge is 2.16. The van der Waals surface area contributed by atoms with Gasteiger partial charge in [-0.2, -0.15) is 0 Å². The third-order valence-corrected chi connectivity index (χ3v) is 4.38. The van der Waals surface area contributed by atoms with E-state index in [-0.39, 0.29) is 5.91 Å². The number of tetrazole rings is 1. The van der Waals surface area contributed by atoms with E-state index in [9.17, 15) is 13.2 Å². The maximum Gasteiger partial charge on any atom is 0.251 e. The van der Waals surface area contributed by atoms with Gasteiger partial charge in [0, 0.05) is 5.56 Å². The molecular weight excluding hydrogens is 368 g/mol. The van der Waals surface area contributed by atoms with E-state index in [1.165, 1.54) is 11.0 Å². The van der Waals surface area contributed by atoms with Crippen molar-refractivity contribution in [2.45, 2.75) is 13.0 Å². The molecule has 9 nitrogen and oxygen atoms in total. The van der Waals surface area contributed by atoms with Crippen LogP contribution in [0.1, 0.15) is 28.9 Å². The van der Waals surface area contributed by atoms with Crippen molar-refractivity contribution in [1.82, 2.24) is 25.5 Å². The van der Waals surface area contributed by atoms with Gasteiger partial charge in [0.15, 0.2) is 0 Å². The highest BCUT2D eigenvalue weighted by molar-refractivity contribution is 7.92. The Balaban J connectivity index is 1.80. The molecule has 10 heteroatoms. The number of hydrogen-bond donors (Lipinski definition) is 2. The van der Waals surface area contributed by atoms with Crippen molar-refractivity contribution in [2.75, 3.05) is 11.0 Å². The number of rotatable bonds is 6. The molecule has 0 bridgehead atoms. The fourth-order valence-electron chi connectivity index (χ4n) is 2.59. The highest BCUT2D eigenvalue weighted by Crippen LogP contribution is 2.23. The van der Waals surface area contributed by atoms with Gasteiger partial charge in [-0.3, -0.25) is 9.52 Å². The zero-order chi connectivity index (χ0) is 19.4. The van der Waals surface area contributed by atoms with E-state index in [1.807, 2.05) is 0 Å². The number of aromatic nitrogens is 4. The van der Waals surface area contributed by atoms with Gasteiger partial charge < -0.3 is 5.32 Å². The van der Waals surface area contributed by atoms with Crippen LogP contribution in [0.15, 0.2) is 54.9 Å². The molecule has 0 aliphatic heterocycles. The maximum absolute atomic E-state index is 12.6. The minimum Gasteiger partial charge on any atom is -0.345 e. The van der Waals surface area contributed by atoms with Gasteiger partial charge in [-0.1, -0.05) is 24.3 Å². The number of sulfonamides is 1. The molecule has 0 fully saturated rings. The standard InChI is InChI=1S/C17H18N6O3S/c1-12(15-8-3-4-9-16(15)20-27(2,25)26)19-17(24)13-6-5-7-14(10-13)23-11-18-21-22-23/h3-12,20H,1-2H3,(H,19,24)/t12-/m0/s1. The van der Waals surface area contributed by atoms with E-state index in [0.717, 1.165) is 6.26 Å². The van der Waals surface area contributed by atoms with Crippen LogP contribution >= 0.6 is 0 Å². The van der Waals surface area contributed by atoms with Crippen LogP contribution in [-0.4, -0.2) is 40.8 Å². The SMILES string of the molecule is C[C@H](NC(=O)c1cccc(-n2cnnn2)c1)c1ccccc1NS(C)(=O)=O. The van der Waals surface area contributed by atoms with Crippen LogP contribution in [-0.2, 0) is 10.0 Å². The molecule has 0 spiro atoms. The molecule has 0 saturated heterocycles. The van der Waals surface area contributed by atoms with E-state index in [0.29, 0.717) is 22.5 Å². The van der Waals surface area contributed by atoms with Crippen molar-refractivity contribution in [3.8, 4) is 5.69 Å². The van der Waals surface area contributed by atoms with Crippen LogP contribution in [0.4, 0.5) is 5.69 Å². The smallest absolute Gasteiger partial charge is 0.251 e. The van der Waals surface area contributed by atoms with Gasteiger partial charge in [0.25, 0.3) is 5.91 Å². The molecule has 1 amide bonds. The predicted molar refractivity (Wildman–Crippen MR) is 99.9 cm³/mol. The van der Waals surface area contributed by atoms with E-state index in [2.05, 4.69) is 25.6 Å².